The highest BCUT2D eigenvalue weighted by Gasteiger charge is 2.33. The summed E-state index contributed by atoms with van der Waals surface area (Å²) in [4.78, 5) is 14.3. The predicted octanol–water partition coefficient (Wildman–Crippen LogP) is 3.05. The Labute approximate surface area is 128 Å². The van der Waals surface area contributed by atoms with Crippen LogP contribution in [0.3, 0.4) is 0 Å². The van der Waals surface area contributed by atoms with E-state index in [0.717, 1.165) is 0 Å². The van der Waals surface area contributed by atoms with E-state index in [4.69, 9.17) is 4.74 Å². The number of alkyl halides is 3. The number of rotatable bonds is 2. The third kappa shape index (κ3) is 2.56. The fraction of sp³-hybridized carbons (Fsp3) is 0.200. The quantitative estimate of drug-likeness (QED) is 0.788. The Kier molecular flexibility index (Phi) is 3.39. The van der Waals surface area contributed by atoms with Gasteiger partial charge in [-0.25, -0.2) is 4.68 Å². The molecule has 0 aliphatic heterocycles. The molecule has 0 radical (unpaired) electrons. The highest BCUT2D eigenvalue weighted by molar-refractivity contribution is 5.79. The van der Waals surface area contributed by atoms with Crippen LogP contribution in [0.2, 0.25) is 0 Å². The predicted molar refractivity (Wildman–Crippen MR) is 78.0 cm³/mol. The van der Waals surface area contributed by atoms with Gasteiger partial charge in [-0.1, -0.05) is 0 Å². The molecular weight excluding hydrogens is 311 g/mol. The molecule has 1 N–H and O–H groups in total. The number of pyridine rings is 1. The third-order valence-corrected chi connectivity index (χ3v) is 3.46. The summed E-state index contributed by atoms with van der Waals surface area (Å²) in [6.07, 6.45) is -4.64. The van der Waals surface area contributed by atoms with E-state index in [2.05, 4.69) is 10.1 Å². The van der Waals surface area contributed by atoms with Crippen molar-refractivity contribution in [1.82, 2.24) is 14.8 Å². The van der Waals surface area contributed by atoms with Gasteiger partial charge in [0.25, 0.3) is 0 Å². The summed E-state index contributed by atoms with van der Waals surface area (Å²) in [6.45, 7) is 1.57. The summed E-state index contributed by atoms with van der Waals surface area (Å²) < 4.78 is 45.1. The number of aromatic amines is 1. The van der Waals surface area contributed by atoms with Crippen LogP contribution in [0.1, 0.15) is 11.4 Å². The zero-order valence-corrected chi connectivity index (χ0v) is 12.2. The molecule has 3 aromatic rings. The number of ether oxygens (including phenoxy) is 1. The van der Waals surface area contributed by atoms with E-state index in [9.17, 15) is 18.0 Å². The van der Waals surface area contributed by atoms with E-state index in [-0.39, 0.29) is 11.0 Å². The number of methoxy groups -OCH3 is 1. The zero-order chi connectivity index (χ0) is 16.8. The molecule has 0 saturated heterocycles. The number of benzene rings is 1. The number of fused-ring (bicyclic) bond motifs is 1. The molecule has 0 fully saturated rings. The van der Waals surface area contributed by atoms with Crippen molar-refractivity contribution in [2.24, 2.45) is 0 Å². The van der Waals surface area contributed by atoms with Gasteiger partial charge in [0.15, 0.2) is 5.43 Å². The molecule has 0 amide bonds. The monoisotopic (exact) mass is 323 g/mol. The zero-order valence-electron chi connectivity index (χ0n) is 12.2. The minimum absolute atomic E-state index is 0.00694. The molecule has 0 saturated carbocycles. The molecule has 5 nitrogen and oxygen atoms in total. The molecule has 0 bridgehead atoms. The van der Waals surface area contributed by atoms with Crippen LogP contribution in [0.15, 0.2) is 35.1 Å². The molecule has 8 heteroatoms. The molecule has 2 aromatic heterocycles. The third-order valence-electron chi connectivity index (χ3n) is 3.46. The lowest BCUT2D eigenvalue weighted by Gasteiger charge is -2.08. The summed E-state index contributed by atoms with van der Waals surface area (Å²) in [5.74, 6) is 0.603. The van der Waals surface area contributed by atoms with Gasteiger partial charge in [0.05, 0.1) is 23.9 Å². The van der Waals surface area contributed by atoms with E-state index in [1.54, 1.807) is 31.2 Å². The lowest BCUT2D eigenvalue weighted by Crippen LogP contribution is -2.14. The molecule has 1 aromatic carbocycles. The Morgan fingerprint density at radius 2 is 1.87 bits per heavy atom. The van der Waals surface area contributed by atoms with E-state index in [1.165, 1.54) is 11.8 Å². The van der Waals surface area contributed by atoms with Crippen LogP contribution >= 0.6 is 0 Å². The molecule has 0 aliphatic rings. The van der Waals surface area contributed by atoms with Crippen LogP contribution in [0.25, 0.3) is 16.7 Å². The van der Waals surface area contributed by atoms with Crippen molar-refractivity contribution in [1.29, 1.82) is 0 Å². The smallest absolute Gasteiger partial charge is 0.431 e. The number of aryl methyl sites for hydroxylation is 1. The molecule has 2 heterocycles. The van der Waals surface area contributed by atoms with E-state index >= 15 is 0 Å². The second-order valence-electron chi connectivity index (χ2n) is 4.96. The van der Waals surface area contributed by atoms with Crippen molar-refractivity contribution in [2.75, 3.05) is 7.11 Å². The van der Waals surface area contributed by atoms with E-state index < -0.39 is 17.3 Å². The minimum atomic E-state index is -4.64. The van der Waals surface area contributed by atoms with Gasteiger partial charge in [-0.05, 0) is 31.2 Å². The van der Waals surface area contributed by atoms with E-state index in [0.29, 0.717) is 23.2 Å². The largest absolute Gasteiger partial charge is 0.497 e. The van der Waals surface area contributed by atoms with E-state index in [1.807, 2.05) is 0 Å². The summed E-state index contributed by atoms with van der Waals surface area (Å²) in [6, 6.07) is 7.15. The number of H-pyrrole nitrogens is 1. The van der Waals surface area contributed by atoms with Crippen LogP contribution in [-0.4, -0.2) is 21.9 Å². The SMILES string of the molecule is COc1ccc(-n2nc(C)c3c(=O)cc(C(F)(F)F)[nH]c32)cc1. The topological polar surface area (TPSA) is 59.9 Å². The van der Waals surface area contributed by atoms with Crippen molar-refractivity contribution in [3.8, 4) is 11.4 Å². The average molecular weight is 323 g/mol. The van der Waals surface area contributed by atoms with Gasteiger partial charge in [-0.2, -0.15) is 18.3 Å². The Hall–Kier alpha value is -2.77. The fourth-order valence-corrected chi connectivity index (χ4v) is 2.37. The second kappa shape index (κ2) is 5.15. The maximum Gasteiger partial charge on any atom is 0.431 e. The van der Waals surface area contributed by atoms with Crippen molar-refractivity contribution < 1.29 is 17.9 Å². The Bertz CT molecular complexity index is 924. The minimum Gasteiger partial charge on any atom is -0.497 e. The second-order valence-corrected chi connectivity index (χ2v) is 4.96. The van der Waals surface area contributed by atoms with Crippen LogP contribution in [0.5, 0.6) is 5.75 Å². The van der Waals surface area contributed by atoms with Crippen LogP contribution in [-0.2, 0) is 6.18 Å². The fourth-order valence-electron chi connectivity index (χ4n) is 2.37. The number of hydrogen-bond donors (Lipinski definition) is 1. The molecule has 120 valence electrons. The Balaban J connectivity index is 2.28. The highest BCUT2D eigenvalue weighted by atomic mass is 19.4. The van der Waals surface area contributed by atoms with Crippen molar-refractivity contribution in [3.05, 3.63) is 51.9 Å². The van der Waals surface area contributed by atoms with Gasteiger partial charge < -0.3 is 9.72 Å². The maximum atomic E-state index is 12.9. The van der Waals surface area contributed by atoms with Crippen molar-refractivity contribution in [3.63, 3.8) is 0 Å². The first-order chi connectivity index (χ1) is 10.8. The lowest BCUT2D eigenvalue weighted by molar-refractivity contribution is -0.141. The van der Waals surface area contributed by atoms with Gasteiger partial charge in [-0.15, -0.1) is 0 Å². The molecule has 23 heavy (non-hydrogen) atoms. The molecule has 0 unspecified atom stereocenters. The van der Waals surface area contributed by atoms with Gasteiger partial charge >= 0.3 is 6.18 Å². The Morgan fingerprint density at radius 1 is 1.22 bits per heavy atom. The molecule has 3 rings (SSSR count). The standard InChI is InChI=1S/C15H12F3N3O2/c1-8-13-11(22)7-12(15(16,17)18)19-14(13)21(20-8)9-3-5-10(23-2)6-4-9/h3-7H,1-2H3,(H,19,22). The first-order valence-electron chi connectivity index (χ1n) is 6.65. The number of halogens is 3. The van der Waals surface area contributed by atoms with Gasteiger partial charge in [0.2, 0.25) is 0 Å². The molecule has 0 spiro atoms. The number of aromatic nitrogens is 3. The average Bonchev–Trinajstić information content (AvgIpc) is 2.84. The highest BCUT2D eigenvalue weighted by Crippen LogP contribution is 2.29. The van der Waals surface area contributed by atoms with Crippen molar-refractivity contribution >= 4 is 11.0 Å². The number of nitrogens with one attached hydrogen (secondary N) is 1. The van der Waals surface area contributed by atoms with Gasteiger partial charge in [0.1, 0.15) is 17.1 Å². The van der Waals surface area contributed by atoms with Crippen LogP contribution < -0.4 is 10.2 Å². The van der Waals surface area contributed by atoms with Gasteiger partial charge in [0, 0.05) is 6.07 Å². The summed E-state index contributed by atoms with van der Waals surface area (Å²) in [5.41, 5.74) is -0.954. The molecule has 0 atom stereocenters. The first kappa shape index (κ1) is 15.1. The summed E-state index contributed by atoms with van der Waals surface area (Å²) in [5, 5.41) is 4.31. The summed E-state index contributed by atoms with van der Waals surface area (Å²) in [7, 11) is 1.51. The van der Waals surface area contributed by atoms with Crippen molar-refractivity contribution in [2.45, 2.75) is 13.1 Å². The molecule has 0 aliphatic carbocycles. The maximum absolute atomic E-state index is 12.9. The van der Waals surface area contributed by atoms with Gasteiger partial charge in [-0.3, -0.25) is 4.79 Å². The number of hydrogen-bond acceptors (Lipinski definition) is 3. The summed E-state index contributed by atoms with van der Waals surface area (Å²) >= 11 is 0. The first-order valence-corrected chi connectivity index (χ1v) is 6.65. The normalized spacial score (nSPS) is 11.9. The van der Waals surface area contributed by atoms with Crippen LogP contribution in [0.4, 0.5) is 13.2 Å². The number of nitrogens with zero attached hydrogens (tertiary/aromatic N) is 2. The molecular formula is C15H12F3N3O2. The Morgan fingerprint density at radius 3 is 2.43 bits per heavy atom. The van der Waals surface area contributed by atoms with Crippen LogP contribution in [0, 0.1) is 6.92 Å². The lowest BCUT2D eigenvalue weighted by atomic mass is 10.2.